The Balaban J connectivity index is 2.43. The molecule has 0 amide bonds. The van der Waals surface area contributed by atoms with Crippen molar-refractivity contribution < 1.29 is 17.9 Å². The summed E-state index contributed by atoms with van der Waals surface area (Å²) in [4.78, 5) is 1.48. The van der Waals surface area contributed by atoms with Gasteiger partial charge in [0.05, 0.1) is 0 Å². The maximum atomic E-state index is 12.6. The largest absolute Gasteiger partial charge is 0.405 e. The SMILES string of the molecule is COCCCN1CCNCC1C(F)(F)F. The lowest BCUT2D eigenvalue weighted by molar-refractivity contribution is -0.187. The number of ether oxygens (including phenoxy) is 1. The molecule has 15 heavy (non-hydrogen) atoms. The van der Waals surface area contributed by atoms with Crippen LogP contribution in [-0.2, 0) is 4.74 Å². The van der Waals surface area contributed by atoms with Crippen molar-refractivity contribution in [3.63, 3.8) is 0 Å². The van der Waals surface area contributed by atoms with Crippen molar-refractivity contribution in [1.29, 1.82) is 0 Å². The number of hydrogen-bond donors (Lipinski definition) is 1. The molecule has 1 rings (SSSR count). The average molecular weight is 226 g/mol. The van der Waals surface area contributed by atoms with Gasteiger partial charge in [0, 0.05) is 39.9 Å². The number of hydrogen-bond acceptors (Lipinski definition) is 3. The molecule has 1 aliphatic rings. The molecule has 0 aromatic heterocycles. The van der Waals surface area contributed by atoms with Gasteiger partial charge in [0.1, 0.15) is 6.04 Å². The summed E-state index contributed by atoms with van der Waals surface area (Å²) in [6.45, 7) is 2.03. The standard InChI is InChI=1S/C9H17F3N2O/c1-15-6-2-4-14-5-3-13-7-8(14)9(10,11)12/h8,13H,2-7H2,1H3. The molecule has 0 aromatic carbocycles. The fraction of sp³-hybridized carbons (Fsp3) is 1.00. The van der Waals surface area contributed by atoms with E-state index in [1.807, 2.05) is 0 Å². The van der Waals surface area contributed by atoms with E-state index in [-0.39, 0.29) is 6.54 Å². The van der Waals surface area contributed by atoms with Gasteiger partial charge in [-0.05, 0) is 6.42 Å². The Morgan fingerprint density at radius 2 is 2.20 bits per heavy atom. The molecule has 0 bridgehead atoms. The van der Waals surface area contributed by atoms with Crippen LogP contribution in [0.1, 0.15) is 6.42 Å². The zero-order valence-corrected chi connectivity index (χ0v) is 8.81. The average Bonchev–Trinajstić information content (AvgIpc) is 2.17. The van der Waals surface area contributed by atoms with Gasteiger partial charge in [-0.2, -0.15) is 13.2 Å². The minimum atomic E-state index is -4.14. The summed E-state index contributed by atoms with van der Waals surface area (Å²) in [5.74, 6) is 0. The maximum Gasteiger partial charge on any atom is 0.405 e. The Bertz CT molecular complexity index is 187. The fourth-order valence-corrected chi connectivity index (χ4v) is 1.75. The second kappa shape index (κ2) is 5.67. The molecule has 6 heteroatoms. The van der Waals surface area contributed by atoms with Crippen LogP contribution in [0.25, 0.3) is 0 Å². The lowest BCUT2D eigenvalue weighted by atomic mass is 10.1. The zero-order valence-electron chi connectivity index (χ0n) is 8.81. The first-order chi connectivity index (χ1) is 7.05. The number of nitrogens with zero attached hydrogens (tertiary/aromatic N) is 1. The van der Waals surface area contributed by atoms with Crippen molar-refractivity contribution in [2.45, 2.75) is 18.6 Å². The molecular weight excluding hydrogens is 209 g/mol. The van der Waals surface area contributed by atoms with E-state index in [1.54, 1.807) is 7.11 Å². The second-order valence-electron chi connectivity index (χ2n) is 3.64. The van der Waals surface area contributed by atoms with Crippen LogP contribution in [0.15, 0.2) is 0 Å². The van der Waals surface area contributed by atoms with Crippen LogP contribution in [0.3, 0.4) is 0 Å². The Labute approximate surface area is 87.6 Å². The molecule has 0 radical (unpaired) electrons. The first-order valence-corrected chi connectivity index (χ1v) is 5.06. The summed E-state index contributed by atoms with van der Waals surface area (Å²) in [5.41, 5.74) is 0. The van der Waals surface area contributed by atoms with E-state index in [0.717, 1.165) is 0 Å². The smallest absolute Gasteiger partial charge is 0.385 e. The molecule has 1 fully saturated rings. The van der Waals surface area contributed by atoms with E-state index >= 15 is 0 Å². The van der Waals surface area contributed by atoms with Gasteiger partial charge in [0.2, 0.25) is 0 Å². The van der Waals surface area contributed by atoms with Gasteiger partial charge in [0.25, 0.3) is 0 Å². The monoisotopic (exact) mass is 226 g/mol. The van der Waals surface area contributed by atoms with E-state index in [0.29, 0.717) is 32.7 Å². The molecule has 0 spiro atoms. The third-order valence-electron chi connectivity index (χ3n) is 2.53. The predicted molar refractivity (Wildman–Crippen MR) is 50.8 cm³/mol. The Kier molecular flexibility index (Phi) is 4.82. The normalized spacial score (nSPS) is 24.4. The third-order valence-corrected chi connectivity index (χ3v) is 2.53. The summed E-state index contributed by atoms with van der Waals surface area (Å²) in [5, 5.41) is 2.77. The predicted octanol–water partition coefficient (Wildman–Crippen LogP) is 0.859. The van der Waals surface area contributed by atoms with E-state index in [2.05, 4.69) is 5.32 Å². The number of methoxy groups -OCH3 is 1. The van der Waals surface area contributed by atoms with E-state index in [9.17, 15) is 13.2 Å². The number of nitrogens with one attached hydrogen (secondary N) is 1. The lowest BCUT2D eigenvalue weighted by Gasteiger charge is -2.37. The van der Waals surface area contributed by atoms with Gasteiger partial charge in [-0.1, -0.05) is 0 Å². The highest BCUT2D eigenvalue weighted by Crippen LogP contribution is 2.25. The van der Waals surface area contributed by atoms with Gasteiger partial charge in [-0.15, -0.1) is 0 Å². The summed E-state index contributed by atoms with van der Waals surface area (Å²) in [6, 6.07) is -1.34. The first kappa shape index (κ1) is 12.7. The number of halogens is 3. The Morgan fingerprint density at radius 3 is 2.80 bits per heavy atom. The van der Waals surface area contributed by atoms with Crippen LogP contribution in [0.4, 0.5) is 13.2 Å². The van der Waals surface area contributed by atoms with Crippen LogP contribution in [-0.4, -0.2) is 57.0 Å². The summed E-state index contributed by atoms with van der Waals surface area (Å²) >= 11 is 0. The molecule has 1 saturated heterocycles. The molecule has 1 heterocycles. The molecule has 1 atom stereocenters. The molecule has 3 nitrogen and oxygen atoms in total. The van der Waals surface area contributed by atoms with Gasteiger partial charge in [-0.3, -0.25) is 4.90 Å². The quantitative estimate of drug-likeness (QED) is 0.719. The van der Waals surface area contributed by atoms with Crippen molar-refractivity contribution in [3.05, 3.63) is 0 Å². The van der Waals surface area contributed by atoms with Gasteiger partial charge in [0.15, 0.2) is 0 Å². The van der Waals surface area contributed by atoms with Crippen molar-refractivity contribution in [3.8, 4) is 0 Å². The Morgan fingerprint density at radius 1 is 1.47 bits per heavy atom. The molecular formula is C9H17F3N2O. The summed E-state index contributed by atoms with van der Waals surface area (Å²) in [7, 11) is 1.55. The van der Waals surface area contributed by atoms with Crippen molar-refractivity contribution in [1.82, 2.24) is 10.2 Å². The number of rotatable bonds is 4. The van der Waals surface area contributed by atoms with Crippen LogP contribution >= 0.6 is 0 Å². The van der Waals surface area contributed by atoms with Gasteiger partial charge < -0.3 is 10.1 Å². The lowest BCUT2D eigenvalue weighted by Crippen LogP contribution is -2.57. The molecule has 0 aliphatic carbocycles. The summed E-state index contributed by atoms with van der Waals surface area (Å²) < 4.78 is 42.6. The first-order valence-electron chi connectivity index (χ1n) is 5.06. The molecule has 1 N–H and O–H groups in total. The fourth-order valence-electron chi connectivity index (χ4n) is 1.75. The number of alkyl halides is 3. The zero-order chi connectivity index (χ0) is 11.3. The molecule has 0 saturated carbocycles. The third kappa shape index (κ3) is 3.96. The van der Waals surface area contributed by atoms with E-state index in [1.165, 1.54) is 4.90 Å². The van der Waals surface area contributed by atoms with Gasteiger partial charge in [-0.25, -0.2) is 0 Å². The number of piperazine rings is 1. The van der Waals surface area contributed by atoms with Crippen LogP contribution in [0, 0.1) is 0 Å². The molecule has 1 aliphatic heterocycles. The maximum absolute atomic E-state index is 12.6. The minimum Gasteiger partial charge on any atom is -0.385 e. The molecule has 90 valence electrons. The molecule has 1 unspecified atom stereocenters. The van der Waals surface area contributed by atoms with Gasteiger partial charge >= 0.3 is 6.18 Å². The van der Waals surface area contributed by atoms with Crippen LogP contribution in [0.2, 0.25) is 0 Å². The van der Waals surface area contributed by atoms with Crippen molar-refractivity contribution in [2.75, 3.05) is 39.9 Å². The van der Waals surface area contributed by atoms with E-state index in [4.69, 9.17) is 4.74 Å². The highest BCUT2D eigenvalue weighted by Gasteiger charge is 2.44. The van der Waals surface area contributed by atoms with Crippen LogP contribution in [0.5, 0.6) is 0 Å². The van der Waals surface area contributed by atoms with Crippen molar-refractivity contribution in [2.24, 2.45) is 0 Å². The van der Waals surface area contributed by atoms with Crippen molar-refractivity contribution >= 4 is 0 Å². The molecule has 0 aromatic rings. The minimum absolute atomic E-state index is 0.00349. The highest BCUT2D eigenvalue weighted by molar-refractivity contribution is 4.85. The summed E-state index contributed by atoms with van der Waals surface area (Å²) in [6.07, 6.45) is -3.50. The second-order valence-corrected chi connectivity index (χ2v) is 3.64. The van der Waals surface area contributed by atoms with E-state index < -0.39 is 12.2 Å². The topological polar surface area (TPSA) is 24.5 Å². The highest BCUT2D eigenvalue weighted by atomic mass is 19.4. The Hall–Kier alpha value is -0.330. The van der Waals surface area contributed by atoms with Crippen LogP contribution < -0.4 is 5.32 Å².